The molecule has 5 aliphatic rings. The van der Waals surface area contributed by atoms with E-state index in [1.165, 1.54) is 19.6 Å². The van der Waals surface area contributed by atoms with E-state index in [4.69, 9.17) is 14.7 Å². The second kappa shape index (κ2) is 13.5. The van der Waals surface area contributed by atoms with Gasteiger partial charge in [-0.05, 0) is 86.2 Å². The van der Waals surface area contributed by atoms with E-state index in [9.17, 15) is 9.18 Å². The number of benzene rings is 2. The Bertz CT molecular complexity index is 1770. The number of nitrogens with one attached hydrogen (secondary N) is 2. The lowest BCUT2D eigenvalue weighted by Crippen LogP contribution is -2.57. The van der Waals surface area contributed by atoms with Crippen LogP contribution in [-0.2, 0) is 13.0 Å². The number of aromatic nitrogens is 2. The van der Waals surface area contributed by atoms with Crippen LogP contribution in [0.1, 0.15) is 46.1 Å². The molecule has 0 radical (unpaired) electrons. The maximum atomic E-state index is 14.9. The first-order valence-corrected chi connectivity index (χ1v) is 18.2. The van der Waals surface area contributed by atoms with E-state index in [1.807, 2.05) is 18.2 Å². The third kappa shape index (κ3) is 6.64. The van der Waals surface area contributed by atoms with Gasteiger partial charge < -0.3 is 30.1 Å². The fourth-order valence-corrected chi connectivity index (χ4v) is 8.72. The Balaban J connectivity index is 1.21. The molecular weight excluding hydrogens is 619 g/mol. The van der Waals surface area contributed by atoms with Gasteiger partial charge in [0.1, 0.15) is 11.6 Å². The third-order valence-electron chi connectivity index (χ3n) is 12.1. The molecule has 3 saturated carbocycles. The monoisotopic (exact) mass is 672 g/mol. The molecule has 11 heteroatoms. The number of anilines is 2. The van der Waals surface area contributed by atoms with Gasteiger partial charge >= 0.3 is 0 Å². The maximum absolute atomic E-state index is 14.9. The predicted molar refractivity (Wildman–Crippen MR) is 195 cm³/mol. The maximum Gasteiger partial charge on any atom is 0.262 e. The molecule has 264 valence electrons. The molecule has 0 amide bonds. The number of nitrogens with zero attached hydrogens (tertiary/aromatic N) is 6. The highest BCUT2D eigenvalue weighted by molar-refractivity contribution is 5.96. The predicted octanol–water partition coefficient (Wildman–Crippen LogP) is 4.67. The lowest BCUT2D eigenvalue weighted by atomic mass is 9.45. The molecule has 3 heterocycles. The first-order chi connectivity index (χ1) is 23.5. The highest BCUT2D eigenvalue weighted by atomic mass is 19.1. The molecule has 2 saturated heterocycles. The van der Waals surface area contributed by atoms with Crippen LogP contribution in [0.3, 0.4) is 0 Å². The van der Waals surface area contributed by atoms with Gasteiger partial charge in [0.05, 0.1) is 24.1 Å². The summed E-state index contributed by atoms with van der Waals surface area (Å²) in [6.45, 7) is 15.8. The molecule has 49 heavy (non-hydrogen) atoms. The van der Waals surface area contributed by atoms with Crippen LogP contribution < -0.4 is 25.8 Å². The van der Waals surface area contributed by atoms with Crippen molar-refractivity contribution in [2.24, 2.45) is 28.2 Å². The van der Waals surface area contributed by atoms with E-state index in [0.717, 1.165) is 69.8 Å². The number of hydrogen-bond donors (Lipinski definition) is 2. The quantitative estimate of drug-likeness (QED) is 0.277. The zero-order chi connectivity index (χ0) is 34.4. The molecular formula is C38H53FN8O2. The van der Waals surface area contributed by atoms with E-state index < -0.39 is 0 Å². The van der Waals surface area contributed by atoms with Crippen LogP contribution in [0, 0.1) is 29.0 Å². The van der Waals surface area contributed by atoms with Gasteiger partial charge in [-0.25, -0.2) is 14.4 Å². The number of aryl methyl sites for hydroxylation is 1. The van der Waals surface area contributed by atoms with Crippen molar-refractivity contribution in [2.75, 3.05) is 70.2 Å². The summed E-state index contributed by atoms with van der Waals surface area (Å²) in [5, 5.41) is 7.83. The van der Waals surface area contributed by atoms with Crippen LogP contribution in [0.4, 0.5) is 16.0 Å². The average molecular weight is 673 g/mol. The molecule has 8 rings (SSSR count). The molecule has 2 N–H and O–H groups in total. The molecule has 10 nitrogen and oxygen atoms in total. The largest absolute Gasteiger partial charge is 0.497 e. The fraction of sp³-hybridized carbons (Fsp3) is 0.605. The van der Waals surface area contributed by atoms with Crippen molar-refractivity contribution >= 4 is 28.5 Å². The lowest BCUT2D eigenvalue weighted by molar-refractivity contribution is -0.108. The molecule has 5 fully saturated rings. The normalized spacial score (nSPS) is 27.2. The van der Waals surface area contributed by atoms with E-state index in [1.54, 1.807) is 16.7 Å². The number of methoxy groups -OCH3 is 1. The van der Waals surface area contributed by atoms with Crippen molar-refractivity contribution in [1.29, 1.82) is 0 Å². The number of fused-ring (bicyclic) bond motifs is 3. The Labute approximate surface area is 289 Å². The number of guanidine groups is 1. The topological polar surface area (TPSA) is 90.3 Å². The zero-order valence-electron chi connectivity index (χ0n) is 30.0. The molecule has 2 aliphatic heterocycles. The van der Waals surface area contributed by atoms with Crippen LogP contribution >= 0.6 is 0 Å². The third-order valence-corrected chi connectivity index (χ3v) is 12.1. The van der Waals surface area contributed by atoms with E-state index in [2.05, 4.69) is 60.1 Å². The number of likely N-dealkylation sites (N-methyl/N-ethyl adjacent to an activating group) is 1. The van der Waals surface area contributed by atoms with Crippen LogP contribution in [0.15, 0.2) is 46.2 Å². The number of aliphatic imine (C=N–C) groups is 1. The molecule has 5 atom stereocenters. The van der Waals surface area contributed by atoms with Gasteiger partial charge in [0.2, 0.25) is 5.95 Å². The highest BCUT2D eigenvalue weighted by Crippen LogP contribution is 2.61. The number of halogens is 1. The molecule has 3 aromatic rings. The zero-order valence-corrected chi connectivity index (χ0v) is 30.0. The average Bonchev–Trinajstić information content (AvgIpc) is 3.08. The SMILES string of the molecule is COc1ccc(CCn2c(N3CCN(C)CC3)nc3cc(NC(=NC4CC5CC(C4C)C5(C)C)N4CCNC(C)C4)ccc3c2=O)c(F)c1. The van der Waals surface area contributed by atoms with Crippen molar-refractivity contribution in [3.8, 4) is 5.75 Å². The molecule has 2 aromatic carbocycles. The van der Waals surface area contributed by atoms with Gasteiger partial charge in [0.25, 0.3) is 5.56 Å². The second-order valence-corrected chi connectivity index (χ2v) is 15.5. The number of rotatable bonds is 7. The molecule has 1 aromatic heterocycles. The number of piperazine rings is 2. The molecule has 5 unspecified atom stereocenters. The molecule has 3 aliphatic carbocycles. The van der Waals surface area contributed by atoms with Crippen LogP contribution in [0.2, 0.25) is 0 Å². The highest BCUT2D eigenvalue weighted by Gasteiger charge is 2.56. The van der Waals surface area contributed by atoms with Crippen molar-refractivity contribution in [1.82, 2.24) is 24.7 Å². The van der Waals surface area contributed by atoms with Gasteiger partial charge in [-0.1, -0.05) is 26.8 Å². The summed E-state index contributed by atoms with van der Waals surface area (Å²) in [7, 11) is 3.63. The van der Waals surface area contributed by atoms with E-state index in [-0.39, 0.29) is 17.4 Å². The molecule has 0 spiro atoms. The molecule has 2 bridgehead atoms. The van der Waals surface area contributed by atoms with Crippen molar-refractivity contribution in [2.45, 2.75) is 65.6 Å². The van der Waals surface area contributed by atoms with Gasteiger partial charge in [-0.3, -0.25) is 9.36 Å². The van der Waals surface area contributed by atoms with E-state index >= 15 is 0 Å². The van der Waals surface area contributed by atoms with Crippen LogP contribution in [0.25, 0.3) is 10.9 Å². The number of hydrogen-bond acceptors (Lipinski definition) is 7. The first kappa shape index (κ1) is 33.8. The van der Waals surface area contributed by atoms with Crippen LogP contribution in [0.5, 0.6) is 5.75 Å². The minimum atomic E-state index is -0.335. The summed E-state index contributed by atoms with van der Waals surface area (Å²) in [5.74, 6) is 3.67. The summed E-state index contributed by atoms with van der Waals surface area (Å²) in [6, 6.07) is 11.4. The fourth-order valence-electron chi connectivity index (χ4n) is 8.72. The Morgan fingerprint density at radius 2 is 1.90 bits per heavy atom. The van der Waals surface area contributed by atoms with Gasteiger partial charge in [0.15, 0.2) is 5.96 Å². The Morgan fingerprint density at radius 3 is 2.59 bits per heavy atom. The lowest BCUT2D eigenvalue weighted by Gasteiger charge is -2.61. The summed E-state index contributed by atoms with van der Waals surface area (Å²) in [4.78, 5) is 31.6. The van der Waals surface area contributed by atoms with Crippen molar-refractivity contribution < 1.29 is 9.13 Å². The number of ether oxygens (including phenoxy) is 1. The van der Waals surface area contributed by atoms with Crippen molar-refractivity contribution in [3.05, 3.63) is 58.1 Å². The second-order valence-electron chi connectivity index (χ2n) is 15.5. The van der Waals surface area contributed by atoms with E-state index in [0.29, 0.717) is 64.4 Å². The summed E-state index contributed by atoms with van der Waals surface area (Å²) >= 11 is 0. The van der Waals surface area contributed by atoms with Crippen molar-refractivity contribution in [3.63, 3.8) is 0 Å². The smallest absolute Gasteiger partial charge is 0.262 e. The van der Waals surface area contributed by atoms with Gasteiger partial charge in [-0.15, -0.1) is 0 Å². The Hall–Kier alpha value is -3.70. The first-order valence-electron chi connectivity index (χ1n) is 18.2. The van der Waals surface area contributed by atoms with Gasteiger partial charge in [0, 0.05) is 70.2 Å². The summed E-state index contributed by atoms with van der Waals surface area (Å²) in [6.07, 6.45) is 2.82. The minimum absolute atomic E-state index is 0.109. The summed E-state index contributed by atoms with van der Waals surface area (Å²) < 4.78 is 21.8. The summed E-state index contributed by atoms with van der Waals surface area (Å²) in [5.41, 5.74) is 2.36. The Morgan fingerprint density at radius 1 is 1.10 bits per heavy atom. The standard InChI is InChI=1S/C38H53FN8O2/c1-24-23-46(14-12-40-24)36(42-33-20-27-19-31(25(33)2)38(27,3)4)41-28-8-10-30-34(21-28)43-37(45-17-15-44(5)16-18-45)47(35(30)48)13-11-26-7-9-29(49-6)22-32(26)39/h7-10,21-22,24-25,27,31,33,40H,11-20,23H2,1-6H3,(H,41,42). The Kier molecular flexibility index (Phi) is 9.34. The minimum Gasteiger partial charge on any atom is -0.497 e. The van der Waals surface area contributed by atoms with Crippen LogP contribution in [-0.4, -0.2) is 97.4 Å². The van der Waals surface area contributed by atoms with Gasteiger partial charge in [-0.2, -0.15) is 0 Å².